The van der Waals surface area contributed by atoms with E-state index in [0.29, 0.717) is 24.3 Å². The van der Waals surface area contributed by atoms with Crippen molar-refractivity contribution in [3.8, 4) is 0 Å². The maximum atomic E-state index is 11.6. The van der Waals surface area contributed by atoms with E-state index in [9.17, 15) is 9.59 Å². The number of benzene rings is 1. The first kappa shape index (κ1) is 23.4. The second-order valence-corrected chi connectivity index (χ2v) is 8.47. The highest BCUT2D eigenvalue weighted by Gasteiger charge is 2.18. The lowest BCUT2D eigenvalue weighted by molar-refractivity contribution is 0.100. The lowest BCUT2D eigenvalue weighted by atomic mass is 9.81. The van der Waals surface area contributed by atoms with Gasteiger partial charge in [0.25, 0.3) is 11.5 Å². The number of nitrogens with one attached hydrogen (secondary N) is 1. The number of amides is 1. The molecule has 0 bridgehead atoms. The molecular weight excluding hydrogens is 430 g/mol. The van der Waals surface area contributed by atoms with Crippen LogP contribution in [0.2, 0.25) is 0 Å². The zero-order valence-corrected chi connectivity index (χ0v) is 19.1. The summed E-state index contributed by atoms with van der Waals surface area (Å²) in [4.78, 5) is 22.7. The summed E-state index contributed by atoms with van der Waals surface area (Å²) in [5.74, 6) is 0.401. The highest BCUT2D eigenvalue weighted by Crippen LogP contribution is 2.30. The summed E-state index contributed by atoms with van der Waals surface area (Å²) >= 11 is 0. The number of H-pyrrole nitrogens is 1. The molecule has 176 valence electrons. The van der Waals surface area contributed by atoms with Crippen LogP contribution in [0.15, 0.2) is 66.2 Å². The van der Waals surface area contributed by atoms with Crippen LogP contribution >= 0.6 is 0 Å². The Morgan fingerprint density at radius 2 is 2.03 bits per heavy atom. The number of carbonyl (C=O) groups is 1. The zero-order valence-electron chi connectivity index (χ0n) is 19.1. The molecule has 8 heteroatoms. The molecule has 1 amide bonds. The number of hydrogen-bond acceptors (Lipinski definition) is 5. The molecule has 1 aromatic carbocycles. The molecule has 34 heavy (non-hydrogen) atoms. The molecular formula is C26H29N5O3. The molecule has 0 aliphatic heterocycles. The van der Waals surface area contributed by atoms with Gasteiger partial charge in [-0.25, -0.2) is 9.61 Å². The fourth-order valence-corrected chi connectivity index (χ4v) is 4.05. The summed E-state index contributed by atoms with van der Waals surface area (Å²) < 4.78 is 6.94. The molecule has 3 aromatic heterocycles. The molecule has 1 aliphatic carbocycles. The van der Waals surface area contributed by atoms with Crippen LogP contribution in [0, 0.1) is 5.92 Å². The van der Waals surface area contributed by atoms with Gasteiger partial charge < -0.3 is 10.5 Å². The molecule has 8 nitrogen and oxygen atoms in total. The minimum Gasteiger partial charge on any atom is -0.373 e. The average molecular weight is 460 g/mol. The van der Waals surface area contributed by atoms with Crippen LogP contribution in [0.3, 0.4) is 0 Å². The third-order valence-corrected chi connectivity index (χ3v) is 6.14. The number of aromatic nitrogens is 4. The van der Waals surface area contributed by atoms with Gasteiger partial charge in [0.2, 0.25) is 0 Å². The fourth-order valence-electron chi connectivity index (χ4n) is 4.05. The fraction of sp³-hybridized carbons (Fsp3) is 0.308. The summed E-state index contributed by atoms with van der Waals surface area (Å²) in [6, 6.07) is 11.4. The molecule has 0 spiro atoms. The molecule has 3 heterocycles. The van der Waals surface area contributed by atoms with Crippen molar-refractivity contribution in [2.24, 2.45) is 11.7 Å². The summed E-state index contributed by atoms with van der Waals surface area (Å²) in [5, 5.41) is 12.6. The maximum absolute atomic E-state index is 11.6. The Kier molecular flexibility index (Phi) is 7.49. The van der Waals surface area contributed by atoms with E-state index in [-0.39, 0.29) is 5.56 Å². The Bertz CT molecular complexity index is 1350. The van der Waals surface area contributed by atoms with Crippen molar-refractivity contribution in [2.75, 3.05) is 6.61 Å². The Balaban J connectivity index is 0.000000161. The number of nitrogens with zero attached hydrogens (tertiary/aromatic N) is 3. The largest absolute Gasteiger partial charge is 0.373 e. The average Bonchev–Trinajstić information content (AvgIpc) is 3.24. The number of primary amides is 1. The van der Waals surface area contributed by atoms with E-state index < -0.39 is 5.91 Å². The molecule has 0 radical (unpaired) electrons. The lowest BCUT2D eigenvalue weighted by Gasteiger charge is -2.24. The van der Waals surface area contributed by atoms with Gasteiger partial charge in [0, 0.05) is 11.6 Å². The van der Waals surface area contributed by atoms with Gasteiger partial charge in [-0.3, -0.25) is 9.59 Å². The van der Waals surface area contributed by atoms with Gasteiger partial charge in [0.05, 0.1) is 41.6 Å². The number of aromatic amines is 1. The topological polar surface area (TPSA) is 115 Å². The van der Waals surface area contributed by atoms with Crippen molar-refractivity contribution < 1.29 is 9.53 Å². The molecule has 0 atom stereocenters. The zero-order chi connectivity index (χ0) is 23.9. The van der Waals surface area contributed by atoms with Crippen molar-refractivity contribution in [3.63, 3.8) is 0 Å². The number of hydrogen-bond donors (Lipinski definition) is 2. The summed E-state index contributed by atoms with van der Waals surface area (Å²) in [6.45, 7) is 4.55. The third-order valence-electron chi connectivity index (χ3n) is 6.14. The molecule has 5 rings (SSSR count). The molecule has 1 aliphatic rings. The minimum atomic E-state index is -0.476. The van der Waals surface area contributed by atoms with Gasteiger partial charge in [0.1, 0.15) is 0 Å². The maximum Gasteiger partial charge on any atom is 0.272 e. The van der Waals surface area contributed by atoms with E-state index in [1.165, 1.54) is 31.9 Å². The Hall–Kier alpha value is -3.78. The van der Waals surface area contributed by atoms with Gasteiger partial charge in [0.15, 0.2) is 0 Å². The smallest absolute Gasteiger partial charge is 0.272 e. The Morgan fingerprint density at radius 3 is 2.74 bits per heavy atom. The van der Waals surface area contributed by atoms with E-state index >= 15 is 0 Å². The van der Waals surface area contributed by atoms with E-state index in [2.05, 4.69) is 21.9 Å². The van der Waals surface area contributed by atoms with Crippen LogP contribution < -0.4 is 11.3 Å². The standard InChI is InChI=1S/C14H16N2O.C12H13N3O2/c17-14-12-7-2-1-6-11(12)13(15-16-14)9-8-10-4-3-5-10;1-2-5-17-8-9-3-4-11-10(12(13)16)6-14-15(11)7-9/h1-2,6-7,10H,3-5,8-9H2,(H,16,17);2-4,6-7H,1,5,8H2,(H2,13,16). The first-order valence-electron chi connectivity index (χ1n) is 11.5. The molecule has 0 saturated heterocycles. The van der Waals surface area contributed by atoms with Gasteiger partial charge in [-0.1, -0.05) is 49.6 Å². The first-order chi connectivity index (χ1) is 16.6. The minimum absolute atomic E-state index is 0.0898. The van der Waals surface area contributed by atoms with Gasteiger partial charge in [-0.2, -0.15) is 10.2 Å². The highest BCUT2D eigenvalue weighted by molar-refractivity contribution is 5.99. The Morgan fingerprint density at radius 1 is 1.24 bits per heavy atom. The van der Waals surface area contributed by atoms with Crippen molar-refractivity contribution in [3.05, 3.63) is 88.6 Å². The van der Waals surface area contributed by atoms with Crippen LogP contribution in [-0.2, 0) is 17.8 Å². The molecule has 1 saturated carbocycles. The number of nitrogens with two attached hydrogens (primary N) is 1. The number of fused-ring (bicyclic) bond motifs is 2. The second-order valence-electron chi connectivity index (χ2n) is 8.47. The molecule has 0 unspecified atom stereocenters. The number of rotatable bonds is 8. The highest BCUT2D eigenvalue weighted by atomic mass is 16.5. The molecule has 1 fully saturated rings. The second kappa shape index (κ2) is 10.9. The van der Waals surface area contributed by atoms with Crippen LogP contribution in [0.25, 0.3) is 16.3 Å². The summed E-state index contributed by atoms with van der Waals surface area (Å²) in [6.07, 6.45) is 11.2. The predicted molar refractivity (Wildman–Crippen MR) is 132 cm³/mol. The SMILES string of the molecule is C=CCOCc1ccc2c(C(N)=O)cnn2c1.O=c1[nH]nc(CCC2CCC2)c2ccccc12. The van der Waals surface area contributed by atoms with Crippen LogP contribution in [0.5, 0.6) is 0 Å². The van der Waals surface area contributed by atoms with Crippen LogP contribution in [0.1, 0.15) is 47.3 Å². The lowest BCUT2D eigenvalue weighted by Crippen LogP contribution is -2.14. The monoisotopic (exact) mass is 459 g/mol. The van der Waals surface area contributed by atoms with E-state index in [0.717, 1.165) is 34.4 Å². The molecule has 4 aromatic rings. The first-order valence-corrected chi connectivity index (χ1v) is 11.5. The quantitative estimate of drug-likeness (QED) is 0.307. The van der Waals surface area contributed by atoms with Gasteiger partial charge >= 0.3 is 0 Å². The summed E-state index contributed by atoms with van der Waals surface area (Å²) in [7, 11) is 0. The summed E-state index contributed by atoms with van der Waals surface area (Å²) in [5.41, 5.74) is 8.27. The van der Waals surface area contributed by atoms with Crippen LogP contribution in [-0.4, -0.2) is 32.3 Å². The van der Waals surface area contributed by atoms with Crippen molar-refractivity contribution in [1.82, 2.24) is 19.8 Å². The predicted octanol–water partition coefficient (Wildman–Crippen LogP) is 3.79. The van der Waals surface area contributed by atoms with E-state index in [1.54, 1.807) is 16.7 Å². The third kappa shape index (κ3) is 5.40. The number of pyridine rings is 1. The van der Waals surface area contributed by atoms with Gasteiger partial charge in [-0.05, 0) is 36.5 Å². The van der Waals surface area contributed by atoms with Crippen LogP contribution in [0.4, 0.5) is 0 Å². The normalized spacial score (nSPS) is 13.3. The number of ether oxygens (including phenoxy) is 1. The number of carbonyl (C=O) groups excluding carboxylic acids is 1. The van der Waals surface area contributed by atoms with E-state index in [4.69, 9.17) is 10.5 Å². The van der Waals surface area contributed by atoms with Crippen molar-refractivity contribution in [1.29, 1.82) is 0 Å². The number of aryl methyl sites for hydroxylation is 1. The van der Waals surface area contributed by atoms with E-state index in [1.807, 2.05) is 36.5 Å². The van der Waals surface area contributed by atoms with Crippen molar-refractivity contribution >= 4 is 22.2 Å². The van der Waals surface area contributed by atoms with Crippen molar-refractivity contribution in [2.45, 2.75) is 38.7 Å². The van der Waals surface area contributed by atoms with Gasteiger partial charge in [-0.15, -0.1) is 6.58 Å². The molecule has 3 N–H and O–H groups in total. The Labute approximate surface area is 197 Å².